The second-order valence-corrected chi connectivity index (χ2v) is 15.2. The Labute approximate surface area is 294 Å². The number of aromatic amines is 2. The molecular formula is C38H52N6O6. The number of aliphatic hydroxyl groups is 2. The molecule has 0 aliphatic rings. The summed E-state index contributed by atoms with van der Waals surface area (Å²) in [4.78, 5) is 42.1. The second kappa shape index (κ2) is 14.9. The van der Waals surface area contributed by atoms with Gasteiger partial charge >= 0.3 is 0 Å². The van der Waals surface area contributed by atoms with Crippen LogP contribution >= 0.6 is 0 Å². The fourth-order valence-corrected chi connectivity index (χ4v) is 5.35. The van der Waals surface area contributed by atoms with E-state index in [4.69, 9.17) is 19.4 Å². The lowest BCUT2D eigenvalue weighted by Crippen LogP contribution is -2.51. The predicted molar refractivity (Wildman–Crippen MR) is 193 cm³/mol. The number of methoxy groups -OCH3 is 2. The average Bonchev–Trinajstić information content (AvgIpc) is 3.78. The van der Waals surface area contributed by atoms with Gasteiger partial charge < -0.3 is 40.3 Å². The molecule has 0 fully saturated rings. The number of carbonyl (C=O) groups is 2. The molecule has 2 heterocycles. The quantitative estimate of drug-likeness (QED) is 0.109. The largest absolute Gasteiger partial charge is 0.393 e. The molecule has 12 nitrogen and oxygen atoms in total. The number of aliphatic hydroxyl groups excluding tert-OH is 2. The van der Waals surface area contributed by atoms with Crippen molar-refractivity contribution in [1.29, 1.82) is 0 Å². The van der Waals surface area contributed by atoms with E-state index in [0.29, 0.717) is 11.6 Å². The maximum absolute atomic E-state index is 13.0. The Hall–Kier alpha value is -4.36. The van der Waals surface area contributed by atoms with Crippen LogP contribution in [0.3, 0.4) is 0 Å². The number of imidazole rings is 2. The minimum Gasteiger partial charge on any atom is -0.393 e. The first-order valence-electron chi connectivity index (χ1n) is 16.6. The number of rotatable bonds is 13. The van der Waals surface area contributed by atoms with Crippen LogP contribution in [0.2, 0.25) is 0 Å². The number of benzene rings is 2. The third-order valence-corrected chi connectivity index (χ3v) is 9.18. The second-order valence-electron chi connectivity index (χ2n) is 15.2. The Morgan fingerprint density at radius 2 is 0.920 bits per heavy atom. The van der Waals surface area contributed by atoms with E-state index < -0.39 is 48.3 Å². The summed E-state index contributed by atoms with van der Waals surface area (Å²) >= 11 is 0. The Bertz CT molecular complexity index is 1610. The van der Waals surface area contributed by atoms with Gasteiger partial charge in [0, 0.05) is 37.7 Å². The van der Waals surface area contributed by atoms with Crippen molar-refractivity contribution in [2.75, 3.05) is 27.4 Å². The summed E-state index contributed by atoms with van der Waals surface area (Å²) < 4.78 is 10.6. The highest BCUT2D eigenvalue weighted by molar-refractivity contribution is 5.86. The van der Waals surface area contributed by atoms with Crippen molar-refractivity contribution in [2.45, 2.75) is 78.7 Å². The summed E-state index contributed by atoms with van der Waals surface area (Å²) in [5.74, 6) is 0.368. The van der Waals surface area contributed by atoms with Crippen molar-refractivity contribution < 1.29 is 29.3 Å². The zero-order chi connectivity index (χ0) is 37.1. The Balaban J connectivity index is 1.50. The number of carbonyl (C=O) groups excluding carboxylic acids is 2. The maximum atomic E-state index is 13.0. The molecule has 50 heavy (non-hydrogen) atoms. The first kappa shape index (κ1) is 38.4. The van der Waals surface area contributed by atoms with Crippen LogP contribution in [-0.2, 0) is 19.1 Å². The van der Waals surface area contributed by atoms with E-state index in [2.05, 4.69) is 20.6 Å². The van der Waals surface area contributed by atoms with E-state index in [0.717, 1.165) is 33.6 Å². The average molecular weight is 689 g/mol. The summed E-state index contributed by atoms with van der Waals surface area (Å²) in [5, 5.41) is 25.5. The smallest absolute Gasteiger partial charge is 0.254 e. The zero-order valence-corrected chi connectivity index (χ0v) is 30.8. The highest BCUT2D eigenvalue weighted by Gasteiger charge is 2.39. The molecule has 0 spiro atoms. The molecule has 0 aliphatic carbocycles. The summed E-state index contributed by atoms with van der Waals surface area (Å²) in [6.45, 7) is 14.2. The lowest BCUT2D eigenvalue weighted by molar-refractivity contribution is -0.148. The van der Waals surface area contributed by atoms with Crippen LogP contribution in [-0.4, -0.2) is 80.6 Å². The van der Waals surface area contributed by atoms with Crippen LogP contribution in [0.4, 0.5) is 0 Å². The van der Waals surface area contributed by atoms with Gasteiger partial charge in [0.05, 0.1) is 36.7 Å². The minimum atomic E-state index is -1.36. The van der Waals surface area contributed by atoms with Crippen LogP contribution in [0.1, 0.15) is 79.1 Å². The number of nitrogens with zero attached hydrogens (tertiary/aromatic N) is 2. The molecular weight excluding hydrogens is 636 g/mol. The number of hydrogen-bond donors (Lipinski definition) is 6. The molecule has 6 N–H and O–H groups in total. The molecule has 2 unspecified atom stereocenters. The molecule has 4 atom stereocenters. The first-order valence-corrected chi connectivity index (χ1v) is 16.6. The number of amides is 2. The Morgan fingerprint density at radius 1 is 0.620 bits per heavy atom. The van der Waals surface area contributed by atoms with Gasteiger partial charge in [-0.2, -0.15) is 0 Å². The SMILES string of the molecule is COC(C)(CO)C(=O)N[C@H](c1nc(-c2ccc(-c3ccc(-c4c[nH]c([C@@H](NC(=O)C(C)(CO)OC)C(C)(C)C)n4)cc3)cc2)c[nH]1)C(C)(C)C. The first-order chi connectivity index (χ1) is 23.4. The van der Waals surface area contributed by atoms with Gasteiger partial charge in [-0.3, -0.25) is 9.59 Å². The van der Waals surface area contributed by atoms with Crippen molar-refractivity contribution in [2.24, 2.45) is 10.8 Å². The lowest BCUT2D eigenvalue weighted by atomic mass is 9.85. The van der Waals surface area contributed by atoms with Gasteiger partial charge in [0.25, 0.3) is 11.8 Å². The Morgan fingerprint density at radius 3 is 1.18 bits per heavy atom. The molecule has 0 aliphatic heterocycles. The van der Waals surface area contributed by atoms with E-state index in [-0.39, 0.29) is 10.8 Å². The van der Waals surface area contributed by atoms with E-state index >= 15 is 0 Å². The monoisotopic (exact) mass is 688 g/mol. The number of H-pyrrole nitrogens is 2. The van der Waals surface area contributed by atoms with Crippen molar-refractivity contribution in [3.8, 4) is 33.6 Å². The molecule has 0 bridgehead atoms. The van der Waals surface area contributed by atoms with Crippen molar-refractivity contribution in [3.05, 3.63) is 72.6 Å². The van der Waals surface area contributed by atoms with Gasteiger partial charge in [0.15, 0.2) is 11.2 Å². The number of nitrogens with one attached hydrogen (secondary N) is 4. The molecule has 0 saturated carbocycles. The summed E-state index contributed by atoms with van der Waals surface area (Å²) in [6, 6.07) is 15.3. The van der Waals surface area contributed by atoms with Gasteiger partial charge in [-0.1, -0.05) is 90.1 Å². The normalized spacial score (nSPS) is 15.8. The van der Waals surface area contributed by atoms with Gasteiger partial charge in [0.1, 0.15) is 11.6 Å². The van der Waals surface area contributed by atoms with Gasteiger partial charge in [-0.15, -0.1) is 0 Å². The zero-order valence-electron chi connectivity index (χ0n) is 30.8. The summed E-state index contributed by atoms with van der Waals surface area (Å²) in [5.41, 5.74) is 1.89. The molecule has 2 amide bonds. The van der Waals surface area contributed by atoms with Crippen molar-refractivity contribution in [3.63, 3.8) is 0 Å². The molecule has 0 radical (unpaired) electrons. The van der Waals surface area contributed by atoms with E-state index in [9.17, 15) is 19.8 Å². The van der Waals surface area contributed by atoms with Crippen LogP contribution in [0.15, 0.2) is 60.9 Å². The third-order valence-electron chi connectivity index (χ3n) is 9.18. The third kappa shape index (κ3) is 8.32. The predicted octanol–water partition coefficient (Wildman–Crippen LogP) is 5.34. The van der Waals surface area contributed by atoms with E-state index in [1.807, 2.05) is 102 Å². The summed E-state index contributed by atoms with van der Waals surface area (Å²) in [7, 11) is 2.79. The molecule has 4 aromatic rings. The highest BCUT2D eigenvalue weighted by Crippen LogP contribution is 2.35. The molecule has 2 aromatic heterocycles. The molecule has 12 heteroatoms. The molecule has 270 valence electrons. The Kier molecular flexibility index (Phi) is 11.4. The topological polar surface area (TPSA) is 174 Å². The molecule has 2 aromatic carbocycles. The fraction of sp³-hybridized carbons (Fsp3) is 0.474. The summed E-state index contributed by atoms with van der Waals surface area (Å²) in [6.07, 6.45) is 3.64. The highest BCUT2D eigenvalue weighted by atomic mass is 16.5. The van der Waals surface area contributed by atoms with Crippen LogP contribution in [0.25, 0.3) is 33.6 Å². The van der Waals surface area contributed by atoms with Gasteiger partial charge in [-0.25, -0.2) is 9.97 Å². The fourth-order valence-electron chi connectivity index (χ4n) is 5.35. The standard InChI is InChI=1S/C38H52N6O6/c1-35(2,3)29(43-33(47)37(7,21-45)49-9)31-39-19-27(41-31)25-15-11-23(12-16-25)24-13-17-26(18-14-24)28-20-40-32(42-28)30(36(4,5)6)44-34(48)38(8,22-46)50-10/h11-20,29-30,45-46H,21-22H2,1-10H3,(H,39,41)(H,40,42)(H,43,47)(H,44,48)/t29-,30-,37?,38?/m1/s1. The van der Waals surface area contributed by atoms with E-state index in [1.165, 1.54) is 14.2 Å². The number of ether oxygens (including phenoxy) is 2. The number of aromatic nitrogens is 4. The maximum Gasteiger partial charge on any atom is 0.254 e. The van der Waals surface area contributed by atoms with Gasteiger partial charge in [-0.05, 0) is 35.8 Å². The van der Waals surface area contributed by atoms with Gasteiger partial charge in [0.2, 0.25) is 0 Å². The minimum absolute atomic E-state index is 0.376. The van der Waals surface area contributed by atoms with Crippen molar-refractivity contribution in [1.82, 2.24) is 30.6 Å². The van der Waals surface area contributed by atoms with Crippen LogP contribution in [0.5, 0.6) is 0 Å². The van der Waals surface area contributed by atoms with Crippen LogP contribution < -0.4 is 10.6 Å². The van der Waals surface area contributed by atoms with Crippen LogP contribution in [0, 0.1) is 10.8 Å². The van der Waals surface area contributed by atoms with E-state index in [1.54, 1.807) is 13.8 Å². The lowest BCUT2D eigenvalue weighted by Gasteiger charge is -2.33. The molecule has 0 saturated heterocycles. The number of hydrogen-bond acceptors (Lipinski definition) is 8. The van der Waals surface area contributed by atoms with Crippen molar-refractivity contribution >= 4 is 11.8 Å². The molecule has 4 rings (SSSR count).